The molecule has 0 bridgehead atoms. The quantitative estimate of drug-likeness (QED) is 0.940. The Bertz CT molecular complexity index is 612. The van der Waals surface area contributed by atoms with Gasteiger partial charge in [-0.25, -0.2) is 9.78 Å². The van der Waals surface area contributed by atoms with Crippen molar-refractivity contribution in [1.82, 2.24) is 4.98 Å². The Kier molecular flexibility index (Phi) is 4.20. The average Bonchev–Trinajstić information content (AvgIpc) is 2.85. The van der Waals surface area contributed by atoms with Gasteiger partial charge in [0.15, 0.2) is 5.13 Å². The topological polar surface area (TPSA) is 53.4 Å². The fourth-order valence-electron chi connectivity index (χ4n) is 2.73. The summed E-state index contributed by atoms with van der Waals surface area (Å²) in [7, 11) is 0. The number of aliphatic carboxylic acids is 1. The van der Waals surface area contributed by atoms with Crippen molar-refractivity contribution in [3.05, 3.63) is 35.7 Å². The molecular weight excluding hydrogens is 284 g/mol. The molecule has 1 saturated heterocycles. The maximum absolute atomic E-state index is 11.5. The molecule has 0 radical (unpaired) electrons. The summed E-state index contributed by atoms with van der Waals surface area (Å²) in [6, 6.07) is 9.56. The highest BCUT2D eigenvalue weighted by molar-refractivity contribution is 7.14. The molecular formula is C16H18N2O2S. The maximum atomic E-state index is 11.5. The van der Waals surface area contributed by atoms with E-state index in [1.807, 2.05) is 40.6 Å². The summed E-state index contributed by atoms with van der Waals surface area (Å²) >= 11 is 1.53. The number of carboxylic acid groups (broad SMARTS) is 1. The van der Waals surface area contributed by atoms with E-state index in [1.165, 1.54) is 11.3 Å². The lowest BCUT2D eigenvalue weighted by Gasteiger charge is -2.26. The third-order valence-corrected chi connectivity index (χ3v) is 4.72. The third-order valence-electron chi connectivity index (χ3n) is 3.85. The number of hydrogen-bond acceptors (Lipinski definition) is 4. The smallest absolute Gasteiger partial charge is 0.326 e. The van der Waals surface area contributed by atoms with Crippen LogP contribution in [0.5, 0.6) is 0 Å². The summed E-state index contributed by atoms with van der Waals surface area (Å²) in [5.74, 6) is -0.742. The van der Waals surface area contributed by atoms with Crippen molar-refractivity contribution in [3.63, 3.8) is 0 Å². The van der Waals surface area contributed by atoms with Gasteiger partial charge in [0.05, 0.1) is 5.69 Å². The summed E-state index contributed by atoms with van der Waals surface area (Å²) in [4.78, 5) is 18.1. The summed E-state index contributed by atoms with van der Waals surface area (Å²) < 4.78 is 0. The molecule has 0 amide bonds. The lowest BCUT2D eigenvalue weighted by molar-refractivity contribution is -0.138. The van der Waals surface area contributed by atoms with E-state index in [0.717, 1.165) is 42.2 Å². The Morgan fingerprint density at radius 3 is 2.81 bits per heavy atom. The molecule has 5 heteroatoms. The normalized spacial score (nSPS) is 19.2. The molecule has 2 aromatic rings. The fraction of sp³-hybridized carbons (Fsp3) is 0.375. The van der Waals surface area contributed by atoms with Crippen molar-refractivity contribution in [3.8, 4) is 11.3 Å². The second-order valence-electron chi connectivity index (χ2n) is 5.28. The standard InChI is InChI=1S/C16H18N2O2S/c19-15(20)14-9-5-2-6-10-18(14)16-17-13(11-21-16)12-7-3-1-4-8-12/h1,3-4,7-8,11,14H,2,5-6,9-10H2,(H,19,20). The molecule has 110 valence electrons. The highest BCUT2D eigenvalue weighted by Gasteiger charge is 2.29. The zero-order valence-electron chi connectivity index (χ0n) is 11.7. The number of thiazole rings is 1. The third kappa shape index (κ3) is 3.08. The Morgan fingerprint density at radius 2 is 2.05 bits per heavy atom. The second-order valence-corrected chi connectivity index (χ2v) is 6.11. The van der Waals surface area contributed by atoms with E-state index in [4.69, 9.17) is 0 Å². The van der Waals surface area contributed by atoms with Crippen LogP contribution in [-0.4, -0.2) is 28.6 Å². The lowest BCUT2D eigenvalue weighted by Crippen LogP contribution is -2.40. The molecule has 1 aromatic heterocycles. The minimum absolute atomic E-state index is 0.442. The van der Waals surface area contributed by atoms with Gasteiger partial charge in [0.25, 0.3) is 0 Å². The number of benzene rings is 1. The molecule has 21 heavy (non-hydrogen) atoms. The van der Waals surface area contributed by atoms with Crippen molar-refractivity contribution in [2.24, 2.45) is 0 Å². The Hall–Kier alpha value is -1.88. The monoisotopic (exact) mass is 302 g/mol. The van der Waals surface area contributed by atoms with Crippen LogP contribution in [0.15, 0.2) is 35.7 Å². The van der Waals surface area contributed by atoms with Gasteiger partial charge in [0.2, 0.25) is 0 Å². The molecule has 4 nitrogen and oxygen atoms in total. The van der Waals surface area contributed by atoms with Crippen molar-refractivity contribution >= 4 is 22.4 Å². The van der Waals surface area contributed by atoms with Crippen LogP contribution in [0.1, 0.15) is 25.7 Å². The summed E-state index contributed by atoms with van der Waals surface area (Å²) in [6.07, 6.45) is 3.81. The van der Waals surface area contributed by atoms with Gasteiger partial charge in [-0.05, 0) is 12.8 Å². The first-order chi connectivity index (χ1) is 10.3. The number of aromatic nitrogens is 1. The van der Waals surface area contributed by atoms with E-state index in [2.05, 4.69) is 4.98 Å². The van der Waals surface area contributed by atoms with Gasteiger partial charge < -0.3 is 10.0 Å². The average molecular weight is 302 g/mol. The molecule has 1 aliphatic heterocycles. The van der Waals surface area contributed by atoms with Crippen molar-refractivity contribution in [1.29, 1.82) is 0 Å². The van der Waals surface area contributed by atoms with E-state index in [1.54, 1.807) is 0 Å². The van der Waals surface area contributed by atoms with E-state index < -0.39 is 12.0 Å². The van der Waals surface area contributed by atoms with E-state index in [0.29, 0.717) is 6.42 Å². The van der Waals surface area contributed by atoms with E-state index in [-0.39, 0.29) is 0 Å². The molecule has 3 rings (SSSR count). The number of anilines is 1. The minimum Gasteiger partial charge on any atom is -0.480 e. The molecule has 0 spiro atoms. The van der Waals surface area contributed by atoms with Gasteiger partial charge in [0, 0.05) is 17.5 Å². The van der Waals surface area contributed by atoms with E-state index >= 15 is 0 Å². The molecule has 2 heterocycles. The Balaban J connectivity index is 1.88. The number of carbonyl (C=O) groups is 1. The number of nitrogens with zero attached hydrogens (tertiary/aromatic N) is 2. The molecule has 1 atom stereocenters. The van der Waals surface area contributed by atoms with Crippen LogP contribution in [0.25, 0.3) is 11.3 Å². The Morgan fingerprint density at radius 1 is 1.24 bits per heavy atom. The molecule has 0 aliphatic carbocycles. The zero-order valence-corrected chi connectivity index (χ0v) is 12.6. The van der Waals surface area contributed by atoms with Crippen LogP contribution in [0, 0.1) is 0 Å². The summed E-state index contributed by atoms with van der Waals surface area (Å²) in [5, 5.41) is 12.3. The van der Waals surface area contributed by atoms with Gasteiger partial charge in [-0.1, -0.05) is 43.2 Å². The predicted octanol–water partition coefficient (Wildman–Crippen LogP) is 3.64. The number of hydrogen-bond donors (Lipinski definition) is 1. The van der Waals surface area contributed by atoms with Crippen LogP contribution < -0.4 is 4.90 Å². The largest absolute Gasteiger partial charge is 0.480 e. The van der Waals surface area contributed by atoms with Gasteiger partial charge >= 0.3 is 5.97 Å². The first-order valence-corrected chi connectivity index (χ1v) is 8.14. The highest BCUT2D eigenvalue weighted by Crippen LogP contribution is 2.31. The van der Waals surface area contributed by atoms with E-state index in [9.17, 15) is 9.90 Å². The van der Waals surface area contributed by atoms with Crippen molar-refractivity contribution in [2.45, 2.75) is 31.7 Å². The first-order valence-electron chi connectivity index (χ1n) is 7.26. The molecule has 0 saturated carbocycles. The van der Waals surface area contributed by atoms with Crippen molar-refractivity contribution in [2.75, 3.05) is 11.4 Å². The van der Waals surface area contributed by atoms with Gasteiger partial charge in [-0.15, -0.1) is 11.3 Å². The number of rotatable bonds is 3. The van der Waals surface area contributed by atoms with Crippen LogP contribution in [0.4, 0.5) is 5.13 Å². The highest BCUT2D eigenvalue weighted by atomic mass is 32.1. The fourth-order valence-corrected chi connectivity index (χ4v) is 3.64. The molecule has 1 N–H and O–H groups in total. The van der Waals surface area contributed by atoms with Gasteiger partial charge in [-0.2, -0.15) is 0 Å². The molecule has 1 unspecified atom stereocenters. The van der Waals surface area contributed by atoms with Crippen LogP contribution in [0.3, 0.4) is 0 Å². The van der Waals surface area contributed by atoms with Crippen LogP contribution in [0.2, 0.25) is 0 Å². The summed E-state index contributed by atoms with van der Waals surface area (Å²) in [6.45, 7) is 0.776. The summed E-state index contributed by atoms with van der Waals surface area (Å²) in [5.41, 5.74) is 1.99. The molecule has 1 aliphatic rings. The lowest BCUT2D eigenvalue weighted by atomic mass is 10.1. The number of carboxylic acids is 1. The SMILES string of the molecule is O=C(O)C1CCCCCN1c1nc(-c2ccccc2)cs1. The van der Waals surface area contributed by atoms with Gasteiger partial charge in [0.1, 0.15) is 6.04 Å². The van der Waals surface area contributed by atoms with Crippen LogP contribution in [-0.2, 0) is 4.79 Å². The first kappa shape index (κ1) is 14.1. The second kappa shape index (κ2) is 6.26. The predicted molar refractivity (Wildman–Crippen MR) is 84.8 cm³/mol. The van der Waals surface area contributed by atoms with Gasteiger partial charge in [-0.3, -0.25) is 0 Å². The van der Waals surface area contributed by atoms with Crippen LogP contribution >= 0.6 is 11.3 Å². The molecule has 1 aromatic carbocycles. The van der Waals surface area contributed by atoms with Crippen molar-refractivity contribution < 1.29 is 9.90 Å². The molecule has 1 fully saturated rings. The maximum Gasteiger partial charge on any atom is 0.326 e. The minimum atomic E-state index is -0.742. The Labute approximate surface area is 128 Å². The zero-order chi connectivity index (χ0) is 14.7.